The number of nitrogens with zero attached hydrogens (tertiary/aromatic N) is 4. The number of nitrogens with one attached hydrogen (secondary N) is 1. The minimum atomic E-state index is -0.339. The van der Waals surface area contributed by atoms with Gasteiger partial charge in [0.25, 0.3) is 0 Å². The summed E-state index contributed by atoms with van der Waals surface area (Å²) in [5, 5.41) is 3.30. The number of halogens is 3. The molecule has 5 rings (SSSR count). The molecule has 0 aliphatic carbocycles. The Morgan fingerprint density at radius 1 is 0.929 bits per heavy atom. The molecule has 0 aliphatic heterocycles. The van der Waals surface area contributed by atoms with E-state index >= 15 is 0 Å². The maximum absolute atomic E-state index is 13.7. The molecule has 0 saturated heterocycles. The van der Waals surface area contributed by atoms with Crippen molar-refractivity contribution in [1.82, 2.24) is 19.9 Å². The fourth-order valence-corrected chi connectivity index (χ4v) is 5.72. The van der Waals surface area contributed by atoms with E-state index in [-0.39, 0.29) is 23.6 Å². The van der Waals surface area contributed by atoms with E-state index in [0.29, 0.717) is 41.1 Å². The second-order valence-electron chi connectivity index (χ2n) is 9.82. The maximum atomic E-state index is 13.7. The number of thiazole rings is 1. The van der Waals surface area contributed by atoms with Gasteiger partial charge >= 0.3 is 6.03 Å². The zero-order valence-corrected chi connectivity index (χ0v) is 24.4. The Kier molecular flexibility index (Phi) is 9.51. The van der Waals surface area contributed by atoms with Crippen molar-refractivity contribution in [2.45, 2.75) is 25.7 Å². The van der Waals surface area contributed by atoms with E-state index in [1.807, 2.05) is 31.2 Å². The van der Waals surface area contributed by atoms with Gasteiger partial charge in [0.15, 0.2) is 5.13 Å². The van der Waals surface area contributed by atoms with E-state index in [1.165, 1.54) is 35.6 Å². The Morgan fingerprint density at radius 3 is 2.17 bits per heavy atom. The quantitative estimate of drug-likeness (QED) is 0.175. The SMILES string of the molecule is Cc1ccc(-c2nc(NC(=O)N(CCc3cnccn3)CCC(c3ccc(F)cc3)c3ccc(F)cc3)sc2Cl)cc1. The molecule has 5 aromatic rings. The third-order valence-corrected chi connectivity index (χ3v) is 8.07. The highest BCUT2D eigenvalue weighted by Gasteiger charge is 2.22. The molecule has 10 heteroatoms. The zero-order chi connectivity index (χ0) is 29.5. The molecule has 2 heterocycles. The Labute approximate surface area is 252 Å². The van der Waals surface area contributed by atoms with Crippen LogP contribution in [-0.4, -0.2) is 39.0 Å². The summed E-state index contributed by atoms with van der Waals surface area (Å²) >= 11 is 7.70. The van der Waals surface area contributed by atoms with Gasteiger partial charge in [0.2, 0.25) is 0 Å². The average molecular weight is 604 g/mol. The van der Waals surface area contributed by atoms with Crippen LogP contribution in [-0.2, 0) is 6.42 Å². The minimum Gasteiger partial charge on any atom is -0.324 e. The first-order valence-electron chi connectivity index (χ1n) is 13.4. The topological polar surface area (TPSA) is 71.0 Å². The number of anilines is 1. The Balaban J connectivity index is 1.37. The lowest BCUT2D eigenvalue weighted by molar-refractivity contribution is 0.210. The van der Waals surface area contributed by atoms with Gasteiger partial charge in [-0.3, -0.25) is 15.3 Å². The Bertz CT molecular complexity index is 1570. The van der Waals surface area contributed by atoms with Crippen molar-refractivity contribution in [2.24, 2.45) is 0 Å². The highest BCUT2D eigenvalue weighted by molar-refractivity contribution is 7.20. The van der Waals surface area contributed by atoms with Gasteiger partial charge in [0.05, 0.1) is 5.69 Å². The van der Waals surface area contributed by atoms with Crippen molar-refractivity contribution < 1.29 is 13.6 Å². The molecule has 0 spiro atoms. The molecule has 0 radical (unpaired) electrons. The average Bonchev–Trinajstić information content (AvgIpc) is 3.36. The van der Waals surface area contributed by atoms with E-state index < -0.39 is 0 Å². The van der Waals surface area contributed by atoms with Crippen LogP contribution in [0.25, 0.3) is 11.3 Å². The van der Waals surface area contributed by atoms with Crippen molar-refractivity contribution in [2.75, 3.05) is 18.4 Å². The first kappa shape index (κ1) is 29.3. The largest absolute Gasteiger partial charge is 0.324 e. The molecule has 2 aromatic heterocycles. The van der Waals surface area contributed by atoms with Gasteiger partial charge in [-0.25, -0.2) is 18.6 Å². The number of urea groups is 1. The Hall–Kier alpha value is -4.21. The number of aryl methyl sites for hydroxylation is 1. The van der Waals surface area contributed by atoms with Crippen LogP contribution in [0.1, 0.15) is 34.7 Å². The van der Waals surface area contributed by atoms with Crippen LogP contribution < -0.4 is 5.32 Å². The number of rotatable bonds is 10. The molecule has 2 amide bonds. The summed E-state index contributed by atoms with van der Waals surface area (Å²) in [5.74, 6) is -0.872. The van der Waals surface area contributed by atoms with Crippen LogP contribution in [0.3, 0.4) is 0 Å². The molecule has 6 nitrogen and oxygen atoms in total. The van der Waals surface area contributed by atoms with Crippen molar-refractivity contribution >= 4 is 34.1 Å². The van der Waals surface area contributed by atoms with Crippen molar-refractivity contribution in [3.63, 3.8) is 0 Å². The zero-order valence-electron chi connectivity index (χ0n) is 22.8. The number of hydrogen-bond acceptors (Lipinski definition) is 5. The minimum absolute atomic E-state index is 0.194. The summed E-state index contributed by atoms with van der Waals surface area (Å²) in [6.45, 7) is 2.73. The van der Waals surface area contributed by atoms with Gasteiger partial charge in [-0.2, -0.15) is 0 Å². The van der Waals surface area contributed by atoms with E-state index in [2.05, 4.69) is 20.3 Å². The first-order chi connectivity index (χ1) is 20.4. The molecule has 214 valence electrons. The van der Waals surface area contributed by atoms with E-state index in [9.17, 15) is 13.6 Å². The lowest BCUT2D eigenvalue weighted by Gasteiger charge is -2.26. The van der Waals surface area contributed by atoms with Gasteiger partial charge in [0, 0.05) is 49.6 Å². The summed E-state index contributed by atoms with van der Waals surface area (Å²) in [6, 6.07) is 20.0. The number of carbonyl (C=O) groups excluding carboxylic acids is 1. The molecule has 0 bridgehead atoms. The van der Waals surface area contributed by atoms with Gasteiger partial charge in [-0.05, 0) is 48.7 Å². The van der Waals surface area contributed by atoms with Crippen LogP contribution in [0.15, 0.2) is 91.4 Å². The van der Waals surface area contributed by atoms with E-state index in [0.717, 1.165) is 27.9 Å². The number of benzene rings is 3. The lowest BCUT2D eigenvalue weighted by Crippen LogP contribution is -2.38. The fourth-order valence-electron chi connectivity index (χ4n) is 4.64. The van der Waals surface area contributed by atoms with Gasteiger partial charge in [-0.1, -0.05) is 77.0 Å². The standard InChI is InChI=1S/C32H28ClF2N5OS/c1-21-2-4-24(5-3-21)29-30(33)42-31(38-29)39-32(41)40(18-14-27-20-36-16-17-37-27)19-15-28(22-6-10-25(34)11-7-22)23-8-12-26(35)13-9-23/h2-13,16-17,20,28H,14-15,18-19H2,1H3,(H,38,39,41). The van der Waals surface area contributed by atoms with Crippen LogP contribution in [0, 0.1) is 18.6 Å². The number of carbonyl (C=O) groups is 1. The molecular formula is C32H28ClF2N5OS. The summed E-state index contributed by atoms with van der Waals surface area (Å²) in [6.07, 6.45) is 5.89. The highest BCUT2D eigenvalue weighted by Crippen LogP contribution is 2.35. The fraction of sp³-hybridized carbons (Fsp3) is 0.188. The number of hydrogen-bond donors (Lipinski definition) is 1. The number of amides is 2. The summed E-state index contributed by atoms with van der Waals surface area (Å²) < 4.78 is 27.9. The molecular weight excluding hydrogens is 576 g/mol. The second kappa shape index (κ2) is 13.6. The third kappa shape index (κ3) is 7.54. The smallest absolute Gasteiger partial charge is 0.323 e. The summed E-state index contributed by atoms with van der Waals surface area (Å²) in [4.78, 5) is 28.4. The third-order valence-electron chi connectivity index (χ3n) is 6.90. The predicted molar refractivity (Wildman–Crippen MR) is 163 cm³/mol. The monoisotopic (exact) mass is 603 g/mol. The van der Waals surface area contributed by atoms with E-state index in [1.54, 1.807) is 47.8 Å². The van der Waals surface area contributed by atoms with Crippen LogP contribution in [0.5, 0.6) is 0 Å². The van der Waals surface area contributed by atoms with Crippen LogP contribution in [0.4, 0.5) is 18.7 Å². The van der Waals surface area contributed by atoms with Crippen molar-refractivity contribution in [3.8, 4) is 11.3 Å². The van der Waals surface area contributed by atoms with Crippen molar-refractivity contribution in [1.29, 1.82) is 0 Å². The molecule has 0 fully saturated rings. The molecule has 0 saturated carbocycles. The van der Waals surface area contributed by atoms with Gasteiger partial charge < -0.3 is 4.90 Å². The summed E-state index contributed by atoms with van der Waals surface area (Å²) in [5.41, 5.74) is 5.08. The lowest BCUT2D eigenvalue weighted by atomic mass is 9.88. The molecule has 0 atom stereocenters. The molecule has 1 N–H and O–H groups in total. The molecule has 3 aromatic carbocycles. The second-order valence-corrected chi connectivity index (χ2v) is 11.4. The first-order valence-corrected chi connectivity index (χ1v) is 14.6. The molecule has 42 heavy (non-hydrogen) atoms. The molecule has 0 unspecified atom stereocenters. The van der Waals surface area contributed by atoms with Gasteiger partial charge in [-0.15, -0.1) is 0 Å². The normalized spacial score (nSPS) is 11.1. The van der Waals surface area contributed by atoms with Crippen LogP contribution >= 0.6 is 22.9 Å². The number of aromatic nitrogens is 3. The van der Waals surface area contributed by atoms with Crippen molar-refractivity contribution in [3.05, 3.63) is 130 Å². The van der Waals surface area contributed by atoms with Gasteiger partial charge in [0.1, 0.15) is 21.7 Å². The molecule has 0 aliphatic rings. The maximum Gasteiger partial charge on any atom is 0.323 e. The van der Waals surface area contributed by atoms with Crippen LogP contribution in [0.2, 0.25) is 4.34 Å². The predicted octanol–water partition coefficient (Wildman–Crippen LogP) is 8.14. The highest BCUT2D eigenvalue weighted by atomic mass is 35.5. The Morgan fingerprint density at radius 2 is 1.57 bits per heavy atom. The van der Waals surface area contributed by atoms with E-state index in [4.69, 9.17) is 11.6 Å². The summed E-state index contributed by atoms with van der Waals surface area (Å²) in [7, 11) is 0.